The van der Waals surface area contributed by atoms with E-state index in [1.165, 1.54) is 6.07 Å². The Morgan fingerprint density at radius 2 is 1.94 bits per heavy atom. The Hall–Kier alpha value is -1.06. The minimum absolute atomic E-state index is 0.293. The average Bonchev–Trinajstić information content (AvgIpc) is 2.33. The van der Waals surface area contributed by atoms with Crippen molar-refractivity contribution in [2.45, 2.75) is 13.5 Å². The molecule has 1 nitrogen and oxygen atoms in total. The van der Waals surface area contributed by atoms with Gasteiger partial charge in [-0.1, -0.05) is 29.8 Å². The standard InChI is InChI=1S/C14H12BrClFN/c1-9-4-2-7-13(14(9)15)18-8-10-11(16)5-3-6-12(10)17/h2-7,18H,8H2,1H3. The summed E-state index contributed by atoms with van der Waals surface area (Å²) < 4.78 is 14.6. The lowest BCUT2D eigenvalue weighted by molar-refractivity contribution is 0.613. The highest BCUT2D eigenvalue weighted by atomic mass is 79.9. The van der Waals surface area contributed by atoms with Crippen molar-refractivity contribution < 1.29 is 4.39 Å². The Morgan fingerprint density at radius 3 is 2.67 bits per heavy atom. The molecular formula is C14H12BrClFN. The number of hydrogen-bond acceptors (Lipinski definition) is 1. The molecule has 0 aliphatic heterocycles. The Kier molecular flexibility index (Phi) is 4.25. The maximum Gasteiger partial charge on any atom is 0.129 e. The van der Waals surface area contributed by atoms with Crippen LogP contribution in [-0.4, -0.2) is 0 Å². The normalized spacial score (nSPS) is 10.4. The summed E-state index contributed by atoms with van der Waals surface area (Å²) in [5, 5.41) is 3.62. The molecule has 0 aromatic heterocycles. The zero-order chi connectivity index (χ0) is 13.1. The van der Waals surface area contributed by atoms with E-state index in [-0.39, 0.29) is 5.82 Å². The second kappa shape index (κ2) is 5.72. The quantitative estimate of drug-likeness (QED) is 0.820. The lowest BCUT2D eigenvalue weighted by atomic mass is 10.2. The highest BCUT2D eigenvalue weighted by Gasteiger charge is 2.08. The van der Waals surface area contributed by atoms with E-state index in [9.17, 15) is 4.39 Å². The van der Waals surface area contributed by atoms with Gasteiger partial charge >= 0.3 is 0 Å². The van der Waals surface area contributed by atoms with E-state index in [0.29, 0.717) is 17.1 Å². The fraction of sp³-hybridized carbons (Fsp3) is 0.143. The molecule has 4 heteroatoms. The Balaban J connectivity index is 2.19. The zero-order valence-electron chi connectivity index (χ0n) is 9.81. The average molecular weight is 329 g/mol. The van der Waals surface area contributed by atoms with Crippen LogP contribution in [0.5, 0.6) is 0 Å². The van der Waals surface area contributed by atoms with Crippen LogP contribution in [0.25, 0.3) is 0 Å². The fourth-order valence-corrected chi connectivity index (χ4v) is 2.30. The van der Waals surface area contributed by atoms with Gasteiger partial charge in [0, 0.05) is 27.3 Å². The van der Waals surface area contributed by atoms with Crippen LogP contribution in [0.2, 0.25) is 5.02 Å². The molecule has 0 aliphatic carbocycles. The second-order valence-electron chi connectivity index (χ2n) is 3.99. The van der Waals surface area contributed by atoms with Crippen molar-refractivity contribution in [3.63, 3.8) is 0 Å². The monoisotopic (exact) mass is 327 g/mol. The van der Waals surface area contributed by atoms with E-state index in [4.69, 9.17) is 11.6 Å². The zero-order valence-corrected chi connectivity index (χ0v) is 12.1. The molecule has 2 rings (SSSR count). The van der Waals surface area contributed by atoms with Crippen molar-refractivity contribution in [3.05, 3.63) is 62.8 Å². The van der Waals surface area contributed by atoms with Crippen molar-refractivity contribution in [3.8, 4) is 0 Å². The molecule has 0 saturated carbocycles. The van der Waals surface area contributed by atoms with Gasteiger partial charge in [-0.3, -0.25) is 0 Å². The van der Waals surface area contributed by atoms with Gasteiger partial charge in [-0.05, 0) is 46.6 Å². The fourth-order valence-electron chi connectivity index (χ4n) is 1.67. The molecule has 0 radical (unpaired) electrons. The van der Waals surface area contributed by atoms with Gasteiger partial charge in [0.25, 0.3) is 0 Å². The lowest BCUT2D eigenvalue weighted by Gasteiger charge is -2.11. The molecule has 0 bridgehead atoms. The molecule has 0 unspecified atom stereocenters. The first-order chi connectivity index (χ1) is 8.59. The topological polar surface area (TPSA) is 12.0 Å². The summed E-state index contributed by atoms with van der Waals surface area (Å²) in [6.45, 7) is 2.36. The number of halogens is 3. The molecule has 0 saturated heterocycles. The van der Waals surface area contributed by atoms with E-state index < -0.39 is 0 Å². The number of anilines is 1. The largest absolute Gasteiger partial charge is 0.380 e. The predicted octanol–water partition coefficient (Wildman–Crippen LogP) is 5.16. The van der Waals surface area contributed by atoms with Gasteiger partial charge in [0.2, 0.25) is 0 Å². The van der Waals surface area contributed by atoms with Crippen molar-refractivity contribution in [1.29, 1.82) is 0 Å². The highest BCUT2D eigenvalue weighted by Crippen LogP contribution is 2.27. The predicted molar refractivity (Wildman–Crippen MR) is 77.6 cm³/mol. The summed E-state index contributed by atoms with van der Waals surface area (Å²) in [6.07, 6.45) is 0. The summed E-state index contributed by atoms with van der Waals surface area (Å²) >= 11 is 9.48. The maximum atomic E-state index is 13.6. The molecular weight excluding hydrogens is 317 g/mol. The molecule has 2 aromatic rings. The van der Waals surface area contributed by atoms with E-state index in [1.807, 2.05) is 25.1 Å². The van der Waals surface area contributed by atoms with Crippen LogP contribution in [0.1, 0.15) is 11.1 Å². The molecule has 0 heterocycles. The second-order valence-corrected chi connectivity index (χ2v) is 5.19. The minimum atomic E-state index is -0.293. The van der Waals surface area contributed by atoms with Crippen molar-refractivity contribution in [2.75, 3.05) is 5.32 Å². The molecule has 18 heavy (non-hydrogen) atoms. The van der Waals surface area contributed by atoms with E-state index in [2.05, 4.69) is 21.2 Å². The van der Waals surface area contributed by atoms with Crippen LogP contribution in [0.15, 0.2) is 40.9 Å². The molecule has 0 aliphatic rings. The highest BCUT2D eigenvalue weighted by molar-refractivity contribution is 9.10. The molecule has 2 aromatic carbocycles. The SMILES string of the molecule is Cc1cccc(NCc2c(F)cccc2Cl)c1Br. The number of hydrogen-bond donors (Lipinski definition) is 1. The third kappa shape index (κ3) is 2.85. The van der Waals surface area contributed by atoms with Crippen LogP contribution < -0.4 is 5.32 Å². The van der Waals surface area contributed by atoms with Crippen molar-refractivity contribution in [1.82, 2.24) is 0 Å². The van der Waals surface area contributed by atoms with Gasteiger partial charge in [-0.2, -0.15) is 0 Å². The molecule has 0 amide bonds. The summed E-state index contributed by atoms with van der Waals surface area (Å²) in [6, 6.07) is 10.6. The van der Waals surface area contributed by atoms with Gasteiger partial charge in [0.1, 0.15) is 5.82 Å². The smallest absolute Gasteiger partial charge is 0.129 e. The van der Waals surface area contributed by atoms with Crippen LogP contribution in [0, 0.1) is 12.7 Å². The summed E-state index contributed by atoms with van der Waals surface area (Å²) in [5.74, 6) is -0.293. The van der Waals surface area contributed by atoms with Gasteiger partial charge in [-0.15, -0.1) is 0 Å². The molecule has 0 fully saturated rings. The van der Waals surface area contributed by atoms with Crippen LogP contribution in [0.3, 0.4) is 0 Å². The van der Waals surface area contributed by atoms with Gasteiger partial charge < -0.3 is 5.32 Å². The van der Waals surface area contributed by atoms with Crippen LogP contribution >= 0.6 is 27.5 Å². The number of benzene rings is 2. The van der Waals surface area contributed by atoms with E-state index in [0.717, 1.165) is 15.7 Å². The Labute approximate surface area is 119 Å². The first kappa shape index (κ1) is 13.4. The first-order valence-corrected chi connectivity index (χ1v) is 6.68. The lowest BCUT2D eigenvalue weighted by Crippen LogP contribution is -2.03. The molecule has 94 valence electrons. The molecule has 0 spiro atoms. The molecule has 1 N–H and O–H groups in total. The van der Waals surface area contributed by atoms with Crippen LogP contribution in [0.4, 0.5) is 10.1 Å². The third-order valence-electron chi connectivity index (χ3n) is 2.71. The number of nitrogens with one attached hydrogen (secondary N) is 1. The molecule has 0 atom stereocenters. The minimum Gasteiger partial charge on any atom is -0.380 e. The Bertz CT molecular complexity index is 551. The van der Waals surface area contributed by atoms with Gasteiger partial charge in [0.05, 0.1) is 0 Å². The Morgan fingerprint density at radius 1 is 1.22 bits per heavy atom. The number of rotatable bonds is 3. The third-order valence-corrected chi connectivity index (χ3v) is 4.12. The summed E-state index contributed by atoms with van der Waals surface area (Å²) in [7, 11) is 0. The first-order valence-electron chi connectivity index (χ1n) is 5.51. The van der Waals surface area contributed by atoms with E-state index in [1.54, 1.807) is 12.1 Å². The van der Waals surface area contributed by atoms with Gasteiger partial charge in [-0.25, -0.2) is 4.39 Å². The van der Waals surface area contributed by atoms with Gasteiger partial charge in [0.15, 0.2) is 0 Å². The van der Waals surface area contributed by atoms with Crippen LogP contribution in [-0.2, 0) is 6.54 Å². The number of aryl methyl sites for hydroxylation is 1. The van der Waals surface area contributed by atoms with Crippen molar-refractivity contribution in [2.24, 2.45) is 0 Å². The maximum absolute atomic E-state index is 13.6. The summed E-state index contributed by atoms with van der Waals surface area (Å²) in [4.78, 5) is 0. The van der Waals surface area contributed by atoms with Crippen molar-refractivity contribution >= 4 is 33.2 Å². The van der Waals surface area contributed by atoms with E-state index >= 15 is 0 Å². The summed E-state index contributed by atoms with van der Waals surface area (Å²) in [5.41, 5.74) is 2.53.